The summed E-state index contributed by atoms with van der Waals surface area (Å²) < 4.78 is 5.73. The predicted octanol–water partition coefficient (Wildman–Crippen LogP) is 2.90. The predicted molar refractivity (Wildman–Crippen MR) is 70.5 cm³/mol. The molecule has 18 heavy (non-hydrogen) atoms. The molecule has 0 aliphatic carbocycles. The van der Waals surface area contributed by atoms with Gasteiger partial charge in [-0.15, -0.1) is 0 Å². The number of carbonyl (C=O) groups is 2. The molecule has 0 aliphatic heterocycles. The Labute approximate surface area is 110 Å². The number of carboxylic acids is 1. The van der Waals surface area contributed by atoms with Crippen molar-refractivity contribution in [2.24, 2.45) is 11.3 Å². The van der Waals surface area contributed by atoms with Crippen molar-refractivity contribution in [3.63, 3.8) is 0 Å². The van der Waals surface area contributed by atoms with Crippen molar-refractivity contribution < 1.29 is 19.4 Å². The summed E-state index contributed by atoms with van der Waals surface area (Å²) in [6, 6.07) is 0. The van der Waals surface area contributed by atoms with Crippen molar-refractivity contribution in [3.8, 4) is 0 Å². The molecule has 0 aromatic carbocycles. The zero-order valence-electron chi connectivity index (χ0n) is 12.5. The van der Waals surface area contributed by atoms with E-state index in [1.807, 2.05) is 41.5 Å². The van der Waals surface area contributed by atoms with Crippen LogP contribution in [-0.4, -0.2) is 28.6 Å². The number of carboxylic acid groups (broad SMARTS) is 1. The molecule has 4 nitrogen and oxygen atoms in total. The standard InChI is InChI=1S/C14H26O4/c1-9(12(16)17)10(18-14(5,6)7)8-11(15)13(2,3)4/h9-10H,8H2,1-7H3,(H,16,17). The quantitative estimate of drug-likeness (QED) is 0.823. The molecule has 2 atom stereocenters. The highest BCUT2D eigenvalue weighted by Gasteiger charge is 2.33. The summed E-state index contributed by atoms with van der Waals surface area (Å²) in [6.45, 7) is 12.6. The van der Waals surface area contributed by atoms with Gasteiger partial charge in [-0.1, -0.05) is 20.8 Å². The van der Waals surface area contributed by atoms with E-state index in [1.165, 1.54) is 0 Å². The largest absolute Gasteiger partial charge is 0.481 e. The topological polar surface area (TPSA) is 63.6 Å². The molecule has 0 aromatic rings. The molecule has 4 heteroatoms. The van der Waals surface area contributed by atoms with Crippen LogP contribution in [-0.2, 0) is 14.3 Å². The third-order valence-corrected chi connectivity index (χ3v) is 2.68. The number of carbonyl (C=O) groups excluding carboxylic acids is 1. The van der Waals surface area contributed by atoms with Gasteiger partial charge in [0.25, 0.3) is 0 Å². The van der Waals surface area contributed by atoms with E-state index in [4.69, 9.17) is 9.84 Å². The molecule has 0 aliphatic rings. The summed E-state index contributed by atoms with van der Waals surface area (Å²) >= 11 is 0. The lowest BCUT2D eigenvalue weighted by atomic mass is 9.85. The number of ether oxygens (including phenoxy) is 1. The summed E-state index contributed by atoms with van der Waals surface area (Å²) in [4.78, 5) is 23.1. The van der Waals surface area contributed by atoms with Crippen LogP contribution in [0.4, 0.5) is 0 Å². The average Bonchev–Trinajstić information content (AvgIpc) is 2.11. The fraction of sp³-hybridized carbons (Fsp3) is 0.857. The smallest absolute Gasteiger partial charge is 0.308 e. The molecule has 0 saturated heterocycles. The minimum atomic E-state index is -0.939. The molecule has 0 rings (SSSR count). The first-order valence-electron chi connectivity index (χ1n) is 6.28. The molecule has 0 aromatic heterocycles. The highest BCUT2D eigenvalue weighted by Crippen LogP contribution is 2.25. The van der Waals surface area contributed by atoms with Crippen molar-refractivity contribution in [3.05, 3.63) is 0 Å². The van der Waals surface area contributed by atoms with E-state index in [-0.39, 0.29) is 12.2 Å². The molecule has 0 bridgehead atoms. The van der Waals surface area contributed by atoms with Gasteiger partial charge in [-0.3, -0.25) is 9.59 Å². The zero-order valence-corrected chi connectivity index (χ0v) is 12.5. The SMILES string of the molecule is CC(C(=O)O)C(CC(=O)C(C)(C)C)OC(C)(C)C. The van der Waals surface area contributed by atoms with Gasteiger partial charge in [0.2, 0.25) is 0 Å². The van der Waals surface area contributed by atoms with Gasteiger partial charge in [-0.05, 0) is 27.7 Å². The van der Waals surface area contributed by atoms with Crippen LogP contribution in [0.2, 0.25) is 0 Å². The maximum absolute atomic E-state index is 12.0. The first-order chi connectivity index (χ1) is 7.84. The van der Waals surface area contributed by atoms with Crippen LogP contribution >= 0.6 is 0 Å². The molecular weight excluding hydrogens is 232 g/mol. The monoisotopic (exact) mass is 258 g/mol. The molecule has 0 saturated carbocycles. The second-order valence-electron chi connectivity index (χ2n) is 6.77. The van der Waals surface area contributed by atoms with Crippen molar-refractivity contribution >= 4 is 11.8 Å². The van der Waals surface area contributed by atoms with E-state index >= 15 is 0 Å². The zero-order chi connectivity index (χ0) is 14.7. The Hall–Kier alpha value is -0.900. The molecule has 0 amide bonds. The molecule has 2 unspecified atom stereocenters. The van der Waals surface area contributed by atoms with Gasteiger partial charge in [-0.25, -0.2) is 0 Å². The third kappa shape index (κ3) is 6.15. The molecule has 1 N–H and O–H groups in total. The van der Waals surface area contributed by atoms with Gasteiger partial charge >= 0.3 is 5.97 Å². The molecule has 0 radical (unpaired) electrons. The Bertz CT molecular complexity index is 307. The maximum atomic E-state index is 12.0. The van der Waals surface area contributed by atoms with E-state index in [2.05, 4.69) is 0 Å². The van der Waals surface area contributed by atoms with E-state index in [0.29, 0.717) is 0 Å². The van der Waals surface area contributed by atoms with E-state index < -0.39 is 29.0 Å². The summed E-state index contributed by atoms with van der Waals surface area (Å²) in [7, 11) is 0. The van der Waals surface area contributed by atoms with Crippen LogP contribution in [0.15, 0.2) is 0 Å². The summed E-state index contributed by atoms with van der Waals surface area (Å²) in [5.41, 5.74) is -0.940. The Morgan fingerprint density at radius 3 is 1.83 bits per heavy atom. The lowest BCUT2D eigenvalue weighted by molar-refractivity contribution is -0.155. The third-order valence-electron chi connectivity index (χ3n) is 2.68. The fourth-order valence-electron chi connectivity index (χ4n) is 1.42. The minimum Gasteiger partial charge on any atom is -0.481 e. The first kappa shape index (κ1) is 17.1. The van der Waals surface area contributed by atoms with Crippen LogP contribution in [0.25, 0.3) is 0 Å². The van der Waals surface area contributed by atoms with Crippen molar-refractivity contribution in [1.82, 2.24) is 0 Å². The van der Waals surface area contributed by atoms with Crippen LogP contribution in [0, 0.1) is 11.3 Å². The molecule has 0 fully saturated rings. The van der Waals surface area contributed by atoms with E-state index in [9.17, 15) is 9.59 Å². The van der Waals surface area contributed by atoms with Crippen LogP contribution in [0.5, 0.6) is 0 Å². The van der Waals surface area contributed by atoms with Crippen LogP contribution in [0.1, 0.15) is 54.9 Å². The van der Waals surface area contributed by atoms with Crippen molar-refractivity contribution in [2.75, 3.05) is 0 Å². The van der Waals surface area contributed by atoms with Gasteiger partial charge < -0.3 is 9.84 Å². The average molecular weight is 258 g/mol. The maximum Gasteiger partial charge on any atom is 0.308 e. The van der Waals surface area contributed by atoms with E-state index in [1.54, 1.807) is 6.92 Å². The number of aliphatic carboxylic acids is 1. The Kier molecular flexibility index (Phi) is 5.54. The summed E-state index contributed by atoms with van der Waals surface area (Å²) in [5, 5.41) is 9.07. The second-order valence-corrected chi connectivity index (χ2v) is 6.77. The van der Waals surface area contributed by atoms with Crippen molar-refractivity contribution in [2.45, 2.75) is 66.6 Å². The lowest BCUT2D eigenvalue weighted by Crippen LogP contribution is -2.38. The molecular formula is C14H26O4. The Morgan fingerprint density at radius 1 is 1.11 bits per heavy atom. The van der Waals surface area contributed by atoms with Crippen LogP contribution in [0.3, 0.4) is 0 Å². The van der Waals surface area contributed by atoms with Gasteiger partial charge in [0, 0.05) is 11.8 Å². The first-order valence-corrected chi connectivity index (χ1v) is 6.28. The number of Topliss-reactive ketones (excluding diaryl/α,β-unsaturated/α-hetero) is 1. The number of hydrogen-bond donors (Lipinski definition) is 1. The number of rotatable bonds is 5. The number of ketones is 1. The lowest BCUT2D eigenvalue weighted by Gasteiger charge is -2.31. The van der Waals surface area contributed by atoms with E-state index in [0.717, 1.165) is 0 Å². The van der Waals surface area contributed by atoms with Gasteiger partial charge in [0.15, 0.2) is 0 Å². The second kappa shape index (κ2) is 5.83. The fourth-order valence-corrected chi connectivity index (χ4v) is 1.42. The Morgan fingerprint density at radius 2 is 1.56 bits per heavy atom. The van der Waals surface area contributed by atoms with Gasteiger partial charge in [0.1, 0.15) is 5.78 Å². The summed E-state index contributed by atoms with van der Waals surface area (Å²) in [5.74, 6) is -1.62. The highest BCUT2D eigenvalue weighted by atomic mass is 16.5. The molecule has 0 heterocycles. The van der Waals surface area contributed by atoms with Crippen molar-refractivity contribution in [1.29, 1.82) is 0 Å². The molecule has 0 spiro atoms. The van der Waals surface area contributed by atoms with Gasteiger partial charge in [0.05, 0.1) is 17.6 Å². The van der Waals surface area contributed by atoms with Gasteiger partial charge in [-0.2, -0.15) is 0 Å². The Balaban J connectivity index is 4.90. The minimum absolute atomic E-state index is 0.0184. The summed E-state index contributed by atoms with van der Waals surface area (Å²) in [6.07, 6.45) is -0.456. The number of hydrogen-bond acceptors (Lipinski definition) is 3. The normalized spacial score (nSPS) is 16.2. The highest BCUT2D eigenvalue weighted by molar-refractivity contribution is 5.84. The van der Waals surface area contributed by atoms with Crippen LogP contribution < -0.4 is 0 Å². The molecule has 106 valence electrons.